The molecule has 0 saturated carbocycles. The molecule has 0 bridgehead atoms. The third-order valence-electron chi connectivity index (χ3n) is 4.74. The summed E-state index contributed by atoms with van der Waals surface area (Å²) in [6.07, 6.45) is 0.763. The van der Waals surface area contributed by atoms with Crippen molar-refractivity contribution < 1.29 is 14.3 Å². The van der Waals surface area contributed by atoms with Crippen LogP contribution >= 0.6 is 11.8 Å². The van der Waals surface area contributed by atoms with Gasteiger partial charge in [0.15, 0.2) is 5.16 Å². The minimum absolute atomic E-state index is 0.0468. The van der Waals surface area contributed by atoms with Gasteiger partial charge in [0.2, 0.25) is 5.91 Å². The van der Waals surface area contributed by atoms with Crippen LogP contribution in [0, 0.1) is 6.92 Å². The van der Waals surface area contributed by atoms with Crippen molar-refractivity contribution in [1.82, 2.24) is 14.5 Å². The molecule has 0 saturated heterocycles. The molecule has 1 aromatic carbocycles. The molecule has 9 heteroatoms. The van der Waals surface area contributed by atoms with Crippen LogP contribution in [0.3, 0.4) is 0 Å². The van der Waals surface area contributed by atoms with Crippen molar-refractivity contribution in [2.45, 2.75) is 38.4 Å². The number of hydrogen-bond donors (Lipinski definition) is 2. The van der Waals surface area contributed by atoms with Gasteiger partial charge in [-0.1, -0.05) is 18.7 Å². The van der Waals surface area contributed by atoms with E-state index < -0.39 is 5.97 Å². The Hall–Kier alpha value is -3.07. The Morgan fingerprint density at radius 1 is 1.30 bits per heavy atom. The number of carbonyl (C=O) groups is 2. The fourth-order valence-corrected chi connectivity index (χ4v) is 3.89. The number of methoxy groups -OCH3 is 1. The molecule has 3 rings (SSSR count). The second-order valence-corrected chi connectivity index (χ2v) is 7.89. The summed E-state index contributed by atoms with van der Waals surface area (Å²) in [6, 6.07) is 8.21. The van der Waals surface area contributed by atoms with E-state index in [0.717, 1.165) is 12.1 Å². The number of rotatable bonds is 7. The van der Waals surface area contributed by atoms with Gasteiger partial charge in [-0.25, -0.2) is 9.78 Å². The number of thioether (sulfide) groups is 1. The Bertz CT molecular complexity index is 1130. The number of amides is 1. The molecule has 2 N–H and O–H groups in total. The van der Waals surface area contributed by atoms with Gasteiger partial charge in [0.1, 0.15) is 5.52 Å². The lowest BCUT2D eigenvalue weighted by atomic mass is 10.2. The summed E-state index contributed by atoms with van der Waals surface area (Å²) in [7, 11) is 1.31. The maximum atomic E-state index is 13.0. The highest BCUT2D eigenvalue weighted by Gasteiger charge is 2.18. The third-order valence-corrected chi connectivity index (χ3v) is 5.69. The second-order valence-electron chi connectivity index (χ2n) is 6.95. The van der Waals surface area contributed by atoms with Crippen LogP contribution in [0.15, 0.2) is 40.3 Å². The number of ether oxygens (including phenoxy) is 1. The summed E-state index contributed by atoms with van der Waals surface area (Å²) in [6.45, 7) is 5.83. The van der Waals surface area contributed by atoms with E-state index in [1.165, 1.54) is 18.9 Å². The summed E-state index contributed by atoms with van der Waals surface area (Å²) < 4.78 is 6.30. The number of aromatic nitrogens is 3. The molecule has 0 unspecified atom stereocenters. The Morgan fingerprint density at radius 2 is 2.00 bits per heavy atom. The van der Waals surface area contributed by atoms with Crippen LogP contribution in [-0.2, 0) is 9.53 Å². The predicted octanol–water partition coefficient (Wildman–Crippen LogP) is 3.52. The van der Waals surface area contributed by atoms with E-state index in [1.807, 2.05) is 26.8 Å². The summed E-state index contributed by atoms with van der Waals surface area (Å²) in [4.78, 5) is 44.5. The molecule has 0 fully saturated rings. The van der Waals surface area contributed by atoms with Crippen LogP contribution in [0.4, 0.5) is 5.69 Å². The maximum absolute atomic E-state index is 13.0. The van der Waals surface area contributed by atoms with E-state index >= 15 is 0 Å². The van der Waals surface area contributed by atoms with Gasteiger partial charge in [-0.3, -0.25) is 14.2 Å². The minimum atomic E-state index is -0.437. The largest absolute Gasteiger partial charge is 0.465 e. The number of H-pyrrole nitrogens is 1. The van der Waals surface area contributed by atoms with E-state index in [0.29, 0.717) is 27.4 Å². The molecule has 2 aromatic heterocycles. The van der Waals surface area contributed by atoms with E-state index in [-0.39, 0.29) is 23.3 Å². The van der Waals surface area contributed by atoms with E-state index in [9.17, 15) is 14.4 Å². The predicted molar refractivity (Wildman–Crippen MR) is 117 cm³/mol. The number of esters is 1. The number of aromatic amines is 1. The second kappa shape index (κ2) is 9.17. The van der Waals surface area contributed by atoms with Crippen LogP contribution in [0.1, 0.15) is 42.4 Å². The molecular weight excluding hydrogens is 404 g/mol. The van der Waals surface area contributed by atoms with Gasteiger partial charge in [-0.15, -0.1) is 0 Å². The Morgan fingerprint density at radius 3 is 2.63 bits per heavy atom. The van der Waals surface area contributed by atoms with Gasteiger partial charge in [0, 0.05) is 17.4 Å². The van der Waals surface area contributed by atoms with Crippen LogP contribution in [0.25, 0.3) is 11.0 Å². The van der Waals surface area contributed by atoms with Gasteiger partial charge in [-0.2, -0.15) is 0 Å². The van der Waals surface area contributed by atoms with Crippen molar-refractivity contribution in [3.8, 4) is 0 Å². The Balaban J connectivity index is 1.76. The molecule has 0 radical (unpaired) electrons. The lowest BCUT2D eigenvalue weighted by Gasteiger charge is -2.17. The van der Waals surface area contributed by atoms with Gasteiger partial charge < -0.3 is 15.0 Å². The number of aryl methyl sites for hydroxylation is 1. The molecule has 30 heavy (non-hydrogen) atoms. The highest BCUT2D eigenvalue weighted by atomic mass is 32.2. The zero-order valence-corrected chi connectivity index (χ0v) is 18.1. The summed E-state index contributed by atoms with van der Waals surface area (Å²) >= 11 is 1.22. The zero-order chi connectivity index (χ0) is 21.8. The molecule has 0 aliphatic rings. The van der Waals surface area contributed by atoms with Gasteiger partial charge in [-0.05, 0) is 50.6 Å². The number of nitrogens with one attached hydrogen (secondary N) is 2. The lowest BCUT2D eigenvalue weighted by Crippen LogP contribution is -2.26. The fourth-order valence-electron chi connectivity index (χ4n) is 3.00. The summed E-state index contributed by atoms with van der Waals surface area (Å²) in [5, 5.41) is 3.29. The lowest BCUT2D eigenvalue weighted by molar-refractivity contribution is -0.113. The Kier molecular flexibility index (Phi) is 6.61. The molecular formula is C21H24N4O4S. The quantitative estimate of drug-likeness (QED) is 0.339. The number of fused-ring (bicyclic) bond motifs is 1. The van der Waals surface area contributed by atoms with Gasteiger partial charge in [0.25, 0.3) is 5.56 Å². The van der Waals surface area contributed by atoms with Crippen molar-refractivity contribution in [1.29, 1.82) is 0 Å². The first-order chi connectivity index (χ1) is 14.3. The van der Waals surface area contributed by atoms with Crippen LogP contribution < -0.4 is 10.9 Å². The average Bonchev–Trinajstić information content (AvgIpc) is 3.12. The number of hydrogen-bond acceptors (Lipinski definition) is 6. The molecule has 3 aromatic rings. The zero-order valence-electron chi connectivity index (χ0n) is 17.3. The van der Waals surface area contributed by atoms with Gasteiger partial charge >= 0.3 is 5.97 Å². The summed E-state index contributed by atoms with van der Waals surface area (Å²) in [5.41, 5.74) is 2.77. The number of anilines is 1. The van der Waals surface area contributed by atoms with E-state index in [2.05, 4.69) is 20.0 Å². The van der Waals surface area contributed by atoms with Crippen LogP contribution in [-0.4, -0.2) is 39.3 Å². The molecule has 0 aliphatic heterocycles. The molecule has 0 aliphatic carbocycles. The SMILES string of the molecule is CC[C@@H](C)n1c(SCC(=O)Nc2ccc(C(=O)OC)cc2)nc2cc(C)[nH]c2c1=O. The molecule has 158 valence electrons. The molecule has 1 amide bonds. The van der Waals surface area contributed by atoms with Gasteiger partial charge in [0.05, 0.1) is 23.9 Å². The van der Waals surface area contributed by atoms with Crippen molar-refractivity contribution in [3.63, 3.8) is 0 Å². The minimum Gasteiger partial charge on any atom is -0.465 e. The van der Waals surface area contributed by atoms with Crippen LogP contribution in [0.2, 0.25) is 0 Å². The van der Waals surface area contributed by atoms with Crippen molar-refractivity contribution in [2.24, 2.45) is 0 Å². The molecule has 0 spiro atoms. The monoisotopic (exact) mass is 428 g/mol. The normalized spacial score (nSPS) is 12.0. The first-order valence-electron chi connectivity index (χ1n) is 9.57. The number of nitrogens with zero attached hydrogens (tertiary/aromatic N) is 2. The third kappa shape index (κ3) is 4.56. The number of carbonyl (C=O) groups excluding carboxylic acids is 2. The first kappa shape index (κ1) is 21.6. The summed E-state index contributed by atoms with van der Waals surface area (Å²) in [5.74, 6) is -0.578. The highest BCUT2D eigenvalue weighted by Crippen LogP contribution is 2.23. The van der Waals surface area contributed by atoms with Crippen molar-refractivity contribution in [2.75, 3.05) is 18.2 Å². The average molecular weight is 429 g/mol. The highest BCUT2D eigenvalue weighted by molar-refractivity contribution is 7.99. The van der Waals surface area contributed by atoms with Crippen LogP contribution in [0.5, 0.6) is 0 Å². The first-order valence-corrected chi connectivity index (χ1v) is 10.6. The Labute approximate surface area is 178 Å². The standard InChI is InChI=1S/C21H24N4O4S/c1-5-13(3)25-19(27)18-16(10-12(2)22-18)24-21(25)30-11-17(26)23-15-8-6-14(7-9-15)20(28)29-4/h6-10,13,22H,5,11H2,1-4H3,(H,23,26)/t13-/m1/s1. The smallest absolute Gasteiger partial charge is 0.337 e. The van der Waals surface area contributed by atoms with E-state index in [4.69, 9.17) is 0 Å². The molecule has 8 nitrogen and oxygen atoms in total. The molecule has 2 heterocycles. The number of benzene rings is 1. The van der Waals surface area contributed by atoms with E-state index in [1.54, 1.807) is 28.8 Å². The maximum Gasteiger partial charge on any atom is 0.337 e. The van der Waals surface area contributed by atoms with Crippen molar-refractivity contribution in [3.05, 3.63) is 51.9 Å². The van der Waals surface area contributed by atoms with Crippen molar-refractivity contribution >= 4 is 40.4 Å². The molecule has 1 atom stereocenters. The fraction of sp³-hybridized carbons (Fsp3) is 0.333. The topological polar surface area (TPSA) is 106 Å².